The predicted octanol–water partition coefficient (Wildman–Crippen LogP) is 3.55. The van der Waals surface area contributed by atoms with E-state index in [4.69, 9.17) is 0 Å². The van der Waals surface area contributed by atoms with Crippen molar-refractivity contribution in [3.63, 3.8) is 0 Å². The molecular formula is C30H20N4O8. The fourth-order valence-corrected chi connectivity index (χ4v) is 7.57. The molecule has 1 saturated carbocycles. The Kier molecular flexibility index (Phi) is 5.29. The number of amides is 4. The zero-order valence-electron chi connectivity index (χ0n) is 21.6. The van der Waals surface area contributed by atoms with E-state index in [1.807, 2.05) is 0 Å². The maximum Gasteiger partial charge on any atom is 0.293 e. The van der Waals surface area contributed by atoms with Crippen LogP contribution in [0.15, 0.2) is 91.0 Å². The van der Waals surface area contributed by atoms with Gasteiger partial charge in [-0.25, -0.2) is 9.80 Å². The highest BCUT2D eigenvalue weighted by molar-refractivity contribution is 6.28. The molecule has 2 heterocycles. The third-order valence-electron chi connectivity index (χ3n) is 9.07. The summed E-state index contributed by atoms with van der Waals surface area (Å²) in [5, 5.41) is 23.6. The highest BCUT2D eigenvalue weighted by Crippen LogP contribution is 2.65. The number of imide groups is 2. The van der Waals surface area contributed by atoms with E-state index in [2.05, 4.69) is 0 Å². The SMILES string of the molecule is O=C1[C@@H]2C3C=CC(c4ccccc4)([C@@H]4C(=O)N(c5ccccc5[N+](=O)[O-])C(=O)[C@@H]34)[C@H]2C(=O)N1c1ccccc1[N+](=O)[O-]. The number of hydrogen-bond donors (Lipinski definition) is 0. The van der Waals surface area contributed by atoms with Crippen LogP contribution in [0.3, 0.4) is 0 Å². The monoisotopic (exact) mass is 564 g/mol. The molecule has 12 nitrogen and oxygen atoms in total. The van der Waals surface area contributed by atoms with Gasteiger partial charge in [0.1, 0.15) is 11.4 Å². The minimum atomic E-state index is -1.47. The van der Waals surface area contributed by atoms with Crippen LogP contribution in [0.25, 0.3) is 0 Å². The van der Waals surface area contributed by atoms with Crippen molar-refractivity contribution in [1.82, 2.24) is 0 Å². The van der Waals surface area contributed by atoms with Crippen LogP contribution in [-0.4, -0.2) is 33.5 Å². The Bertz CT molecular complexity index is 1680. The van der Waals surface area contributed by atoms with Gasteiger partial charge in [0.05, 0.1) is 33.5 Å². The minimum Gasteiger partial charge on any atom is -0.274 e. The number of carbonyl (C=O) groups excluding carboxylic acids is 4. The van der Waals surface area contributed by atoms with E-state index in [-0.39, 0.29) is 11.4 Å². The topological polar surface area (TPSA) is 161 Å². The Morgan fingerprint density at radius 2 is 1.02 bits per heavy atom. The Morgan fingerprint density at radius 3 is 1.48 bits per heavy atom. The second-order valence-corrected chi connectivity index (χ2v) is 10.8. The Hall–Kier alpha value is -5.52. The van der Waals surface area contributed by atoms with Gasteiger partial charge in [0.15, 0.2) is 0 Å². The van der Waals surface area contributed by atoms with Crippen molar-refractivity contribution in [3.8, 4) is 0 Å². The standard InChI is InChI=1S/C30H20N4O8/c35-26-22-17-14-15-30(16-8-2-1-3-9-16,24(22)28(37)31(26)18-10-4-6-12-20(18)33(39)40)25-23(17)27(36)32(29(25)38)19-11-5-7-13-21(19)34(41)42/h1-15,17,22-25H/t17?,22-,23+,24-,25+,30?. The van der Waals surface area contributed by atoms with Crippen LogP contribution in [0.4, 0.5) is 22.7 Å². The molecule has 0 spiro atoms. The van der Waals surface area contributed by atoms with Crippen LogP contribution in [0.5, 0.6) is 0 Å². The number of nitrogens with zero attached hydrogens (tertiary/aromatic N) is 4. The molecule has 208 valence electrons. The Labute approximate surface area is 237 Å². The van der Waals surface area contributed by atoms with E-state index in [0.717, 1.165) is 9.80 Å². The quantitative estimate of drug-likeness (QED) is 0.197. The Morgan fingerprint density at radius 1 is 0.595 bits per heavy atom. The normalized spacial score (nSPS) is 29.2. The van der Waals surface area contributed by atoms with Crippen LogP contribution >= 0.6 is 0 Å². The first kappa shape index (κ1) is 25.4. The molecule has 3 aromatic carbocycles. The maximum atomic E-state index is 14.3. The molecule has 2 aliphatic heterocycles. The lowest BCUT2D eigenvalue weighted by Crippen LogP contribution is -2.60. The maximum absolute atomic E-state index is 14.3. The third-order valence-corrected chi connectivity index (χ3v) is 9.07. The molecule has 2 saturated heterocycles. The van der Waals surface area contributed by atoms with Gasteiger partial charge in [-0.15, -0.1) is 0 Å². The number of nitro groups is 2. The van der Waals surface area contributed by atoms with Crippen molar-refractivity contribution in [1.29, 1.82) is 0 Å². The second kappa shape index (κ2) is 8.74. The molecule has 6 atom stereocenters. The molecular weight excluding hydrogens is 544 g/mol. The lowest BCUT2D eigenvalue weighted by molar-refractivity contribution is -0.384. The largest absolute Gasteiger partial charge is 0.293 e. The summed E-state index contributed by atoms with van der Waals surface area (Å²) < 4.78 is 0. The van der Waals surface area contributed by atoms with E-state index < -0.39 is 79.9 Å². The van der Waals surface area contributed by atoms with Gasteiger partial charge < -0.3 is 0 Å². The average molecular weight is 565 g/mol. The van der Waals surface area contributed by atoms with Gasteiger partial charge in [0, 0.05) is 23.5 Å². The van der Waals surface area contributed by atoms with E-state index in [9.17, 15) is 39.4 Å². The first-order chi connectivity index (χ1) is 20.2. The number of anilines is 2. The molecule has 3 fully saturated rings. The number of hydrogen-bond acceptors (Lipinski definition) is 8. The van der Waals surface area contributed by atoms with Crippen LogP contribution in [0.1, 0.15) is 5.56 Å². The zero-order chi connectivity index (χ0) is 29.5. The molecule has 3 aromatic rings. The molecule has 2 unspecified atom stereocenters. The number of allylic oxidation sites excluding steroid dienone is 2. The van der Waals surface area contributed by atoms with Crippen molar-refractivity contribution >= 4 is 46.4 Å². The smallest absolute Gasteiger partial charge is 0.274 e. The van der Waals surface area contributed by atoms with Gasteiger partial charge in [-0.05, 0) is 17.7 Å². The van der Waals surface area contributed by atoms with Gasteiger partial charge >= 0.3 is 0 Å². The van der Waals surface area contributed by atoms with Gasteiger partial charge in [-0.1, -0.05) is 66.7 Å². The molecule has 3 aliphatic carbocycles. The first-order valence-electron chi connectivity index (χ1n) is 13.2. The molecule has 5 aliphatic rings. The van der Waals surface area contributed by atoms with Crippen molar-refractivity contribution in [2.75, 3.05) is 9.80 Å². The van der Waals surface area contributed by atoms with Crippen molar-refractivity contribution < 1.29 is 29.0 Å². The van der Waals surface area contributed by atoms with Crippen LogP contribution in [0, 0.1) is 49.8 Å². The number of para-hydroxylation sites is 4. The summed E-state index contributed by atoms with van der Waals surface area (Å²) in [6.07, 6.45) is 3.38. The number of carbonyl (C=O) groups is 4. The van der Waals surface area contributed by atoms with Crippen LogP contribution < -0.4 is 9.80 Å². The predicted molar refractivity (Wildman–Crippen MR) is 146 cm³/mol. The summed E-state index contributed by atoms with van der Waals surface area (Å²) in [7, 11) is 0. The number of nitro benzene ring substituents is 2. The summed E-state index contributed by atoms with van der Waals surface area (Å²) in [5.74, 6) is -8.18. The molecule has 0 aromatic heterocycles. The molecule has 4 amide bonds. The fourth-order valence-electron chi connectivity index (χ4n) is 7.57. The summed E-state index contributed by atoms with van der Waals surface area (Å²) in [6, 6.07) is 19.5. The number of benzene rings is 3. The number of rotatable bonds is 5. The molecule has 2 bridgehead atoms. The van der Waals surface area contributed by atoms with Crippen molar-refractivity contribution in [3.05, 3.63) is 117 Å². The molecule has 0 N–H and O–H groups in total. The van der Waals surface area contributed by atoms with E-state index in [0.29, 0.717) is 5.56 Å². The van der Waals surface area contributed by atoms with Crippen molar-refractivity contribution in [2.24, 2.45) is 29.6 Å². The highest BCUT2D eigenvalue weighted by Gasteiger charge is 2.75. The summed E-state index contributed by atoms with van der Waals surface area (Å²) in [6.45, 7) is 0. The third kappa shape index (κ3) is 3.05. The summed E-state index contributed by atoms with van der Waals surface area (Å²) >= 11 is 0. The van der Waals surface area contributed by atoms with E-state index in [1.54, 1.807) is 42.5 Å². The minimum absolute atomic E-state index is 0.182. The molecule has 0 radical (unpaired) electrons. The van der Waals surface area contributed by atoms with Crippen molar-refractivity contribution in [2.45, 2.75) is 5.41 Å². The van der Waals surface area contributed by atoms with E-state index in [1.165, 1.54) is 48.5 Å². The first-order valence-corrected chi connectivity index (χ1v) is 13.2. The summed E-state index contributed by atoms with van der Waals surface area (Å²) in [5.41, 5.74) is -2.18. The van der Waals surface area contributed by atoms with Crippen LogP contribution in [-0.2, 0) is 24.6 Å². The molecule has 12 heteroatoms. The lowest BCUT2D eigenvalue weighted by Gasteiger charge is -2.53. The second-order valence-electron chi connectivity index (χ2n) is 10.8. The fraction of sp³-hybridized carbons (Fsp3) is 0.200. The van der Waals surface area contributed by atoms with Gasteiger partial charge in [0.25, 0.3) is 11.4 Å². The molecule has 8 rings (SSSR count). The molecule has 42 heavy (non-hydrogen) atoms. The zero-order valence-corrected chi connectivity index (χ0v) is 21.6. The lowest BCUT2D eigenvalue weighted by atomic mass is 9.45. The summed E-state index contributed by atoms with van der Waals surface area (Å²) in [4.78, 5) is 80.8. The Balaban J connectivity index is 1.44. The van der Waals surface area contributed by atoms with Crippen LogP contribution in [0.2, 0.25) is 0 Å². The average Bonchev–Trinajstić information content (AvgIpc) is 3.44. The van der Waals surface area contributed by atoms with Gasteiger partial charge in [-0.3, -0.25) is 39.4 Å². The van der Waals surface area contributed by atoms with Gasteiger partial charge in [0.2, 0.25) is 23.6 Å². The van der Waals surface area contributed by atoms with E-state index >= 15 is 0 Å². The van der Waals surface area contributed by atoms with Gasteiger partial charge in [-0.2, -0.15) is 0 Å². The highest BCUT2D eigenvalue weighted by atomic mass is 16.6.